The van der Waals surface area contributed by atoms with Gasteiger partial charge in [0, 0.05) is 38.3 Å². The molecule has 2 fully saturated rings. The van der Waals surface area contributed by atoms with Crippen molar-refractivity contribution in [3.8, 4) is 0 Å². The fourth-order valence-electron chi connectivity index (χ4n) is 4.59. The maximum atomic E-state index is 13.1. The Morgan fingerprint density at radius 3 is 2.63 bits per heavy atom. The van der Waals surface area contributed by atoms with Gasteiger partial charge in [-0.2, -0.15) is 0 Å². The Hall–Kier alpha value is -3.23. The zero-order valence-corrected chi connectivity index (χ0v) is 20.5. The topological polar surface area (TPSA) is 91.0 Å². The number of rotatable bonds is 8. The van der Waals surface area contributed by atoms with E-state index in [-0.39, 0.29) is 24.1 Å². The zero-order valence-electron chi connectivity index (χ0n) is 20.5. The second-order valence-electron chi connectivity index (χ2n) is 9.22. The van der Waals surface area contributed by atoms with Crippen LogP contribution in [0.1, 0.15) is 34.3 Å². The largest absolute Gasteiger partial charge is 0.379 e. The molecule has 3 amide bonds. The summed E-state index contributed by atoms with van der Waals surface area (Å²) in [5.74, 6) is -1.02. The van der Waals surface area contributed by atoms with Crippen molar-refractivity contribution in [3.63, 3.8) is 0 Å². The Labute approximate surface area is 206 Å². The van der Waals surface area contributed by atoms with Crippen LogP contribution < -0.4 is 15.5 Å². The molecule has 8 nitrogen and oxygen atoms in total. The molecule has 2 aliphatic heterocycles. The SMILES string of the molecule is Cc1cccc(N2C[C@H](C(=O)Nc3ccccc3C(=O)NCCCN3CCOCC3)CC2=O)c1C. The van der Waals surface area contributed by atoms with Crippen molar-refractivity contribution in [2.75, 3.05) is 56.2 Å². The maximum absolute atomic E-state index is 13.1. The molecule has 2 aliphatic rings. The lowest BCUT2D eigenvalue weighted by molar-refractivity contribution is -0.122. The number of carbonyl (C=O) groups is 3. The van der Waals surface area contributed by atoms with Gasteiger partial charge in [-0.1, -0.05) is 24.3 Å². The van der Waals surface area contributed by atoms with Crippen molar-refractivity contribution in [2.45, 2.75) is 26.7 Å². The Morgan fingerprint density at radius 2 is 1.83 bits per heavy atom. The predicted molar refractivity (Wildman–Crippen MR) is 136 cm³/mol. The summed E-state index contributed by atoms with van der Waals surface area (Å²) in [6, 6.07) is 12.8. The van der Waals surface area contributed by atoms with Crippen LogP contribution in [-0.4, -0.2) is 68.6 Å². The molecule has 0 aromatic heterocycles. The monoisotopic (exact) mass is 478 g/mol. The standard InChI is InChI=1S/C27H34N4O4/c1-19-7-5-10-24(20(19)2)31-18-21(17-25(31)32)26(33)29-23-9-4-3-8-22(23)27(34)28-11-6-12-30-13-15-35-16-14-30/h3-5,7-10,21H,6,11-18H2,1-2H3,(H,28,34)(H,29,33)/t21-/m1/s1. The molecule has 2 aromatic carbocycles. The minimum Gasteiger partial charge on any atom is -0.379 e. The molecule has 35 heavy (non-hydrogen) atoms. The smallest absolute Gasteiger partial charge is 0.253 e. The number of benzene rings is 2. The number of hydrogen-bond acceptors (Lipinski definition) is 5. The fourth-order valence-corrected chi connectivity index (χ4v) is 4.59. The Balaban J connectivity index is 1.33. The summed E-state index contributed by atoms with van der Waals surface area (Å²) in [6.07, 6.45) is 0.994. The highest BCUT2D eigenvalue weighted by Crippen LogP contribution is 2.30. The Kier molecular flexibility index (Phi) is 8.15. The van der Waals surface area contributed by atoms with E-state index in [0.29, 0.717) is 24.3 Å². The van der Waals surface area contributed by atoms with Crippen molar-refractivity contribution in [2.24, 2.45) is 5.92 Å². The minimum atomic E-state index is -0.480. The number of anilines is 2. The number of ether oxygens (including phenoxy) is 1. The number of nitrogens with zero attached hydrogens (tertiary/aromatic N) is 2. The van der Waals surface area contributed by atoms with Crippen LogP contribution in [0.15, 0.2) is 42.5 Å². The Morgan fingerprint density at radius 1 is 1.06 bits per heavy atom. The molecule has 2 saturated heterocycles. The van der Waals surface area contributed by atoms with E-state index in [0.717, 1.165) is 56.1 Å². The van der Waals surface area contributed by atoms with Gasteiger partial charge in [0.1, 0.15) is 0 Å². The van der Waals surface area contributed by atoms with Crippen LogP contribution in [0.2, 0.25) is 0 Å². The molecule has 0 spiro atoms. The highest BCUT2D eigenvalue weighted by molar-refractivity contribution is 6.07. The van der Waals surface area contributed by atoms with Crippen LogP contribution in [0.3, 0.4) is 0 Å². The summed E-state index contributed by atoms with van der Waals surface area (Å²) in [5.41, 5.74) is 3.87. The number of morpholine rings is 1. The first kappa shape index (κ1) is 24.9. The van der Waals surface area contributed by atoms with E-state index in [2.05, 4.69) is 15.5 Å². The normalized spacial score (nSPS) is 18.5. The predicted octanol–water partition coefficient (Wildman–Crippen LogP) is 2.75. The molecule has 2 N–H and O–H groups in total. The first-order valence-electron chi connectivity index (χ1n) is 12.3. The van der Waals surface area contributed by atoms with Gasteiger partial charge in [0.05, 0.1) is 30.4 Å². The molecule has 4 rings (SSSR count). The van der Waals surface area contributed by atoms with Gasteiger partial charge in [-0.15, -0.1) is 0 Å². The van der Waals surface area contributed by atoms with Gasteiger partial charge in [-0.05, 0) is 56.1 Å². The number of nitrogens with one attached hydrogen (secondary N) is 2. The van der Waals surface area contributed by atoms with Crippen molar-refractivity contribution in [1.82, 2.24) is 10.2 Å². The quantitative estimate of drug-likeness (QED) is 0.570. The van der Waals surface area contributed by atoms with Crippen LogP contribution in [-0.2, 0) is 14.3 Å². The summed E-state index contributed by atoms with van der Waals surface area (Å²) in [4.78, 5) is 42.6. The van der Waals surface area contributed by atoms with E-state index in [1.165, 1.54) is 0 Å². The van der Waals surface area contributed by atoms with Gasteiger partial charge in [-0.3, -0.25) is 19.3 Å². The van der Waals surface area contributed by atoms with Gasteiger partial charge in [0.2, 0.25) is 11.8 Å². The third kappa shape index (κ3) is 6.07. The number of para-hydroxylation sites is 1. The molecule has 0 unspecified atom stereocenters. The zero-order chi connectivity index (χ0) is 24.8. The van der Waals surface area contributed by atoms with Crippen LogP contribution in [0, 0.1) is 19.8 Å². The van der Waals surface area contributed by atoms with E-state index >= 15 is 0 Å². The van der Waals surface area contributed by atoms with E-state index in [1.807, 2.05) is 32.0 Å². The number of amides is 3. The molecule has 0 bridgehead atoms. The lowest BCUT2D eigenvalue weighted by Gasteiger charge is -2.26. The first-order chi connectivity index (χ1) is 16.9. The van der Waals surface area contributed by atoms with Crippen molar-refractivity contribution < 1.29 is 19.1 Å². The molecule has 1 atom stereocenters. The summed E-state index contributed by atoms with van der Waals surface area (Å²) >= 11 is 0. The molecule has 0 aliphatic carbocycles. The molecule has 8 heteroatoms. The lowest BCUT2D eigenvalue weighted by Crippen LogP contribution is -2.38. The average Bonchev–Trinajstić information content (AvgIpc) is 3.26. The Bertz CT molecular complexity index is 1080. The van der Waals surface area contributed by atoms with Crippen LogP contribution in [0.25, 0.3) is 0 Å². The van der Waals surface area contributed by atoms with Crippen molar-refractivity contribution in [1.29, 1.82) is 0 Å². The third-order valence-electron chi connectivity index (χ3n) is 6.83. The van der Waals surface area contributed by atoms with Gasteiger partial charge in [-0.25, -0.2) is 0 Å². The molecule has 2 heterocycles. The molecule has 2 aromatic rings. The van der Waals surface area contributed by atoms with Gasteiger partial charge >= 0.3 is 0 Å². The third-order valence-corrected chi connectivity index (χ3v) is 6.83. The average molecular weight is 479 g/mol. The van der Waals surface area contributed by atoms with Gasteiger partial charge in [0.25, 0.3) is 5.91 Å². The van der Waals surface area contributed by atoms with Crippen LogP contribution in [0.5, 0.6) is 0 Å². The van der Waals surface area contributed by atoms with E-state index in [4.69, 9.17) is 4.74 Å². The lowest BCUT2D eigenvalue weighted by atomic mass is 10.1. The minimum absolute atomic E-state index is 0.0647. The molecular weight excluding hydrogens is 444 g/mol. The summed E-state index contributed by atoms with van der Waals surface area (Å²) in [5, 5.41) is 5.85. The van der Waals surface area contributed by atoms with Gasteiger partial charge in [0.15, 0.2) is 0 Å². The van der Waals surface area contributed by atoms with Crippen LogP contribution >= 0.6 is 0 Å². The second-order valence-corrected chi connectivity index (χ2v) is 9.22. The second kappa shape index (κ2) is 11.5. The summed E-state index contributed by atoms with van der Waals surface area (Å²) in [7, 11) is 0. The summed E-state index contributed by atoms with van der Waals surface area (Å²) in [6.45, 7) is 9.15. The van der Waals surface area contributed by atoms with E-state index in [9.17, 15) is 14.4 Å². The fraction of sp³-hybridized carbons (Fsp3) is 0.444. The van der Waals surface area contributed by atoms with Gasteiger partial charge < -0.3 is 20.3 Å². The van der Waals surface area contributed by atoms with E-state index in [1.54, 1.807) is 29.2 Å². The molecular formula is C27H34N4O4. The number of hydrogen-bond donors (Lipinski definition) is 2. The van der Waals surface area contributed by atoms with E-state index < -0.39 is 5.92 Å². The van der Waals surface area contributed by atoms with Crippen LogP contribution in [0.4, 0.5) is 11.4 Å². The number of carbonyl (C=O) groups excluding carboxylic acids is 3. The molecule has 0 radical (unpaired) electrons. The number of aryl methyl sites for hydroxylation is 1. The highest BCUT2D eigenvalue weighted by atomic mass is 16.5. The maximum Gasteiger partial charge on any atom is 0.253 e. The molecule has 186 valence electrons. The highest BCUT2D eigenvalue weighted by Gasteiger charge is 2.36. The van der Waals surface area contributed by atoms with Crippen molar-refractivity contribution in [3.05, 3.63) is 59.2 Å². The first-order valence-corrected chi connectivity index (χ1v) is 12.3. The van der Waals surface area contributed by atoms with Crippen molar-refractivity contribution >= 4 is 29.1 Å². The summed E-state index contributed by atoms with van der Waals surface area (Å²) < 4.78 is 5.36. The molecule has 0 saturated carbocycles.